The predicted octanol–water partition coefficient (Wildman–Crippen LogP) is 5.90. The van der Waals surface area contributed by atoms with Crippen molar-refractivity contribution in [3.8, 4) is 22.8 Å². The molecule has 0 radical (unpaired) electrons. The minimum absolute atomic E-state index is 0.0406. The number of pyridine rings is 1. The maximum Gasteiger partial charge on any atom is 0.256 e. The molecule has 2 aromatic carbocycles. The minimum atomic E-state index is -3.85. The Hall–Kier alpha value is -4.72. The minimum Gasteiger partial charge on any atom is -0.497 e. The van der Waals surface area contributed by atoms with Gasteiger partial charge in [-0.25, -0.2) is 13.4 Å². The Kier molecular flexibility index (Phi) is 13.5. The SMILES string of the molecule is COc1ccc2c(O[C@@H]3C[C@H]4C(=O)N[C@@H](C(=O)NS(=O)(=O)C5CC5)CCCCCCCCC[C@@H](CC(=O)N5CCCCC5)C(=O)N4C3)cc(-c3ccccc3)nc2c1. The fourth-order valence-electron chi connectivity index (χ4n) is 8.58. The zero-order chi connectivity index (χ0) is 40.6. The van der Waals surface area contributed by atoms with Crippen LogP contribution in [0, 0.1) is 5.92 Å². The first-order valence-electron chi connectivity index (χ1n) is 21.2. The highest BCUT2D eigenvalue weighted by Gasteiger charge is 2.45. The second-order valence-corrected chi connectivity index (χ2v) is 18.4. The number of aromatic nitrogens is 1. The maximum atomic E-state index is 14.8. The van der Waals surface area contributed by atoms with Crippen LogP contribution in [0.25, 0.3) is 22.2 Å². The molecule has 14 heteroatoms. The molecule has 4 amide bonds. The fourth-order valence-corrected chi connectivity index (χ4v) is 9.92. The van der Waals surface area contributed by atoms with Crippen molar-refractivity contribution in [2.45, 2.75) is 126 Å². The number of nitrogens with one attached hydrogen (secondary N) is 2. The third kappa shape index (κ3) is 10.3. The van der Waals surface area contributed by atoms with Gasteiger partial charge in [0.05, 0.1) is 30.1 Å². The molecule has 0 bridgehead atoms. The molecule has 0 unspecified atom stereocenters. The van der Waals surface area contributed by atoms with Crippen molar-refractivity contribution in [2.24, 2.45) is 5.92 Å². The van der Waals surface area contributed by atoms with E-state index in [2.05, 4.69) is 10.0 Å². The Morgan fingerprint density at radius 3 is 2.26 bits per heavy atom. The number of nitrogens with zero attached hydrogens (tertiary/aromatic N) is 3. The molecule has 4 aliphatic rings. The van der Waals surface area contributed by atoms with Crippen molar-refractivity contribution in [1.29, 1.82) is 0 Å². The van der Waals surface area contributed by atoms with Crippen molar-refractivity contribution in [3.63, 3.8) is 0 Å². The number of ether oxygens (including phenoxy) is 2. The summed E-state index contributed by atoms with van der Waals surface area (Å²) in [6.45, 7) is 1.45. The number of sulfonamides is 1. The van der Waals surface area contributed by atoms with Crippen molar-refractivity contribution in [3.05, 3.63) is 54.6 Å². The number of carbonyl (C=O) groups excluding carboxylic acids is 4. The average Bonchev–Trinajstić information content (AvgIpc) is 4.02. The summed E-state index contributed by atoms with van der Waals surface area (Å²) in [5.74, 6) is -1.10. The van der Waals surface area contributed by atoms with Crippen LogP contribution in [0.2, 0.25) is 0 Å². The number of amides is 4. The highest BCUT2D eigenvalue weighted by atomic mass is 32.2. The molecule has 13 nitrogen and oxygen atoms in total. The topological polar surface area (TPSA) is 164 Å². The molecule has 3 aromatic rings. The van der Waals surface area contributed by atoms with Gasteiger partial charge in [-0.15, -0.1) is 0 Å². The van der Waals surface area contributed by atoms with Gasteiger partial charge in [0.2, 0.25) is 27.7 Å². The van der Waals surface area contributed by atoms with E-state index >= 15 is 0 Å². The average molecular weight is 816 g/mol. The summed E-state index contributed by atoms with van der Waals surface area (Å²) in [5, 5.41) is 3.00. The number of hydrogen-bond donors (Lipinski definition) is 2. The first kappa shape index (κ1) is 41.4. The molecule has 3 aliphatic heterocycles. The maximum absolute atomic E-state index is 14.8. The van der Waals surface area contributed by atoms with Crippen molar-refractivity contribution >= 4 is 44.6 Å². The van der Waals surface area contributed by atoms with E-state index in [0.717, 1.165) is 68.7 Å². The van der Waals surface area contributed by atoms with Crippen LogP contribution >= 0.6 is 0 Å². The molecule has 2 N–H and O–H groups in total. The zero-order valence-corrected chi connectivity index (χ0v) is 34.4. The number of likely N-dealkylation sites (tertiary alicyclic amines) is 1. The number of piperidine rings is 1. The third-order valence-electron chi connectivity index (χ3n) is 12.1. The standard InChI is InChI=1S/C44H57N5O8S/c1-56-32-19-22-35-38(26-32)45-37(30-15-10-7-11-16-30)28-40(35)57-33-27-39-43(52)46-36(42(51)47-58(54,55)34-20-21-34)18-12-6-4-2-3-5-9-17-31(44(53)49(39)29-33)25-41(50)48-23-13-8-14-24-48/h7,10-11,15-16,19,22,26,28,31,33-34,36,39H,2-6,8-9,12-14,17-18,20-21,23-25,27,29H2,1H3,(H,46,52)(H,47,51)/t31-,33+,36+,39-/m0/s1. The summed E-state index contributed by atoms with van der Waals surface area (Å²) in [5.41, 5.74) is 2.22. The molecule has 4 fully saturated rings. The molecule has 1 aromatic heterocycles. The Morgan fingerprint density at radius 1 is 0.862 bits per heavy atom. The van der Waals surface area contributed by atoms with Crippen LogP contribution in [-0.4, -0.2) is 97.0 Å². The Bertz CT molecular complexity index is 2050. The molecule has 1 saturated carbocycles. The number of rotatable bonds is 9. The third-order valence-corrected chi connectivity index (χ3v) is 13.9. The summed E-state index contributed by atoms with van der Waals surface area (Å²) in [6, 6.07) is 15.0. The number of fused-ring (bicyclic) bond motifs is 2. The van der Waals surface area contributed by atoms with E-state index in [1.807, 2.05) is 59.5 Å². The molecular formula is C44H57N5O8S. The van der Waals surface area contributed by atoms with Gasteiger partial charge in [0, 0.05) is 54.9 Å². The first-order valence-corrected chi connectivity index (χ1v) is 22.8. The number of benzene rings is 2. The van der Waals surface area contributed by atoms with E-state index in [4.69, 9.17) is 14.5 Å². The van der Waals surface area contributed by atoms with Crippen LogP contribution in [-0.2, 0) is 29.2 Å². The van der Waals surface area contributed by atoms with Crippen LogP contribution in [0.4, 0.5) is 0 Å². The zero-order valence-electron chi connectivity index (χ0n) is 33.5. The van der Waals surface area contributed by atoms with Gasteiger partial charge in [0.15, 0.2) is 0 Å². The quantitative estimate of drug-likeness (QED) is 0.268. The smallest absolute Gasteiger partial charge is 0.256 e. The Balaban J connectivity index is 1.20. The van der Waals surface area contributed by atoms with E-state index in [-0.39, 0.29) is 37.6 Å². The van der Waals surface area contributed by atoms with E-state index in [1.54, 1.807) is 12.0 Å². The van der Waals surface area contributed by atoms with Gasteiger partial charge in [-0.05, 0) is 57.1 Å². The Morgan fingerprint density at radius 2 is 1.55 bits per heavy atom. The van der Waals surface area contributed by atoms with Gasteiger partial charge >= 0.3 is 0 Å². The molecule has 7 rings (SSSR count). The van der Waals surface area contributed by atoms with Gasteiger partial charge in [0.25, 0.3) is 5.91 Å². The largest absolute Gasteiger partial charge is 0.497 e. The monoisotopic (exact) mass is 815 g/mol. The lowest BCUT2D eigenvalue weighted by molar-refractivity contribution is -0.145. The molecule has 3 saturated heterocycles. The first-order chi connectivity index (χ1) is 28.1. The van der Waals surface area contributed by atoms with Crippen LogP contribution in [0.1, 0.15) is 103 Å². The van der Waals surface area contributed by atoms with Crippen LogP contribution < -0.4 is 19.5 Å². The molecule has 58 heavy (non-hydrogen) atoms. The van der Waals surface area contributed by atoms with Crippen molar-refractivity contribution in [1.82, 2.24) is 24.8 Å². The summed E-state index contributed by atoms with van der Waals surface area (Å²) >= 11 is 0. The van der Waals surface area contributed by atoms with E-state index in [0.29, 0.717) is 61.5 Å². The summed E-state index contributed by atoms with van der Waals surface area (Å²) in [6.07, 6.45) is 10.4. The summed E-state index contributed by atoms with van der Waals surface area (Å²) in [7, 11) is -2.26. The fraction of sp³-hybridized carbons (Fsp3) is 0.568. The molecular weight excluding hydrogens is 759 g/mol. The second-order valence-electron chi connectivity index (χ2n) is 16.4. The lowest BCUT2D eigenvalue weighted by Gasteiger charge is -2.31. The molecule has 0 spiro atoms. The van der Waals surface area contributed by atoms with E-state index in [9.17, 15) is 27.6 Å². The van der Waals surface area contributed by atoms with Gasteiger partial charge in [0.1, 0.15) is 29.7 Å². The molecule has 4 heterocycles. The predicted molar refractivity (Wildman–Crippen MR) is 220 cm³/mol. The van der Waals surface area contributed by atoms with Crippen molar-refractivity contribution < 1.29 is 37.1 Å². The van der Waals surface area contributed by atoms with Crippen LogP contribution in [0.15, 0.2) is 54.6 Å². The van der Waals surface area contributed by atoms with Crippen LogP contribution in [0.5, 0.6) is 11.5 Å². The van der Waals surface area contributed by atoms with Crippen LogP contribution in [0.3, 0.4) is 0 Å². The number of methoxy groups -OCH3 is 1. The van der Waals surface area contributed by atoms with Crippen molar-refractivity contribution in [2.75, 3.05) is 26.7 Å². The number of carbonyl (C=O) groups is 4. The summed E-state index contributed by atoms with van der Waals surface area (Å²) < 4.78 is 40.2. The van der Waals surface area contributed by atoms with Gasteiger partial charge in [-0.1, -0.05) is 75.3 Å². The highest BCUT2D eigenvalue weighted by Crippen LogP contribution is 2.36. The second kappa shape index (κ2) is 18.9. The van der Waals surface area contributed by atoms with E-state index < -0.39 is 51.2 Å². The van der Waals surface area contributed by atoms with Gasteiger partial charge < -0.3 is 24.6 Å². The normalized spacial score (nSPS) is 24.2. The van der Waals surface area contributed by atoms with Gasteiger partial charge in [-0.3, -0.25) is 23.9 Å². The highest BCUT2D eigenvalue weighted by molar-refractivity contribution is 7.90. The molecule has 1 aliphatic carbocycles. The summed E-state index contributed by atoms with van der Waals surface area (Å²) in [4.78, 5) is 64.9. The molecule has 4 atom stereocenters. The number of hydrogen-bond acceptors (Lipinski definition) is 9. The molecule has 312 valence electrons. The Labute approximate surface area is 341 Å². The lowest BCUT2D eigenvalue weighted by Crippen LogP contribution is -2.54. The van der Waals surface area contributed by atoms with Gasteiger partial charge in [-0.2, -0.15) is 0 Å². The van der Waals surface area contributed by atoms with E-state index in [1.165, 1.54) is 0 Å². The lowest BCUT2D eigenvalue weighted by atomic mass is 9.93.